The van der Waals surface area contributed by atoms with Crippen LogP contribution in [0.3, 0.4) is 0 Å². The van der Waals surface area contributed by atoms with Crippen molar-refractivity contribution in [2.45, 2.75) is 62.3 Å². The predicted molar refractivity (Wildman–Crippen MR) is 93.8 cm³/mol. The van der Waals surface area contributed by atoms with E-state index < -0.39 is 6.55 Å². The first-order valence-corrected chi connectivity index (χ1v) is 9.83. The summed E-state index contributed by atoms with van der Waals surface area (Å²) in [5.74, 6) is 0.232. The Balaban J connectivity index is 1.51. The molecule has 7 heteroatoms. The minimum Gasteiger partial charge on any atom is -0.336 e. The van der Waals surface area contributed by atoms with Gasteiger partial charge in [0.2, 0.25) is 5.91 Å². The van der Waals surface area contributed by atoms with Crippen LogP contribution in [0.5, 0.6) is 0 Å². The van der Waals surface area contributed by atoms with Crippen LogP contribution in [0.25, 0.3) is 11.0 Å². The monoisotopic (exact) mass is 365 g/mol. The Kier molecular flexibility index (Phi) is 4.67. The third-order valence-corrected chi connectivity index (χ3v) is 5.97. The highest BCUT2D eigenvalue weighted by Crippen LogP contribution is 2.36. The average Bonchev–Trinajstić information content (AvgIpc) is 3.14. The van der Waals surface area contributed by atoms with E-state index in [1.807, 2.05) is 4.90 Å². The lowest BCUT2D eigenvalue weighted by atomic mass is 10.2. The Morgan fingerprint density at radius 3 is 2.56 bits per heavy atom. The van der Waals surface area contributed by atoms with Gasteiger partial charge in [0.05, 0.1) is 16.8 Å². The van der Waals surface area contributed by atoms with Gasteiger partial charge in [0.1, 0.15) is 0 Å². The number of para-hydroxylation sites is 2. The molecule has 2 aliphatic rings. The van der Waals surface area contributed by atoms with E-state index in [1.54, 1.807) is 24.3 Å². The maximum absolute atomic E-state index is 13.5. The van der Waals surface area contributed by atoms with Gasteiger partial charge < -0.3 is 4.90 Å². The Morgan fingerprint density at radius 2 is 1.88 bits per heavy atom. The van der Waals surface area contributed by atoms with E-state index in [2.05, 4.69) is 4.98 Å². The molecule has 2 saturated carbocycles. The number of aromatic nitrogens is 2. The molecule has 1 aromatic carbocycles. The Labute approximate surface area is 149 Å². The fraction of sp³-hybridized carbons (Fsp3) is 0.556. The van der Waals surface area contributed by atoms with Crippen LogP contribution in [0.2, 0.25) is 0 Å². The van der Waals surface area contributed by atoms with Gasteiger partial charge in [0.15, 0.2) is 5.16 Å². The van der Waals surface area contributed by atoms with Gasteiger partial charge in [0, 0.05) is 12.1 Å². The number of halogens is 2. The number of amides is 1. The molecule has 0 aliphatic heterocycles. The quantitative estimate of drug-likeness (QED) is 0.710. The molecule has 0 spiro atoms. The number of nitrogens with zero attached hydrogens (tertiary/aromatic N) is 3. The van der Waals surface area contributed by atoms with Crippen molar-refractivity contribution in [1.82, 2.24) is 14.5 Å². The summed E-state index contributed by atoms with van der Waals surface area (Å²) in [7, 11) is 0. The van der Waals surface area contributed by atoms with Gasteiger partial charge in [0.25, 0.3) is 0 Å². The summed E-state index contributed by atoms with van der Waals surface area (Å²) in [5.41, 5.74) is 0.940. The van der Waals surface area contributed by atoms with Gasteiger partial charge in [-0.05, 0) is 37.8 Å². The molecule has 2 aromatic rings. The topological polar surface area (TPSA) is 38.1 Å². The summed E-state index contributed by atoms with van der Waals surface area (Å²) >= 11 is 1.12. The van der Waals surface area contributed by atoms with E-state index in [9.17, 15) is 13.6 Å². The van der Waals surface area contributed by atoms with E-state index in [0.29, 0.717) is 23.1 Å². The number of hydrogen-bond donors (Lipinski definition) is 0. The van der Waals surface area contributed by atoms with E-state index in [1.165, 1.54) is 12.8 Å². The van der Waals surface area contributed by atoms with Crippen LogP contribution < -0.4 is 0 Å². The Bertz CT molecular complexity index is 769. The van der Waals surface area contributed by atoms with Crippen molar-refractivity contribution in [3.05, 3.63) is 24.3 Å². The summed E-state index contributed by atoms with van der Waals surface area (Å²) < 4.78 is 27.9. The van der Waals surface area contributed by atoms with Gasteiger partial charge in [-0.25, -0.2) is 4.98 Å². The summed E-state index contributed by atoms with van der Waals surface area (Å²) in [5, 5.41) is 0.215. The number of rotatable bonds is 6. The van der Waals surface area contributed by atoms with Crippen LogP contribution in [0.4, 0.5) is 8.78 Å². The van der Waals surface area contributed by atoms with Gasteiger partial charge in [-0.3, -0.25) is 9.36 Å². The van der Waals surface area contributed by atoms with Crippen molar-refractivity contribution < 1.29 is 13.6 Å². The third kappa shape index (κ3) is 3.38. The van der Waals surface area contributed by atoms with Gasteiger partial charge in [-0.15, -0.1) is 0 Å². The molecule has 0 atom stereocenters. The lowest BCUT2D eigenvalue weighted by Gasteiger charge is -2.29. The van der Waals surface area contributed by atoms with E-state index in [4.69, 9.17) is 0 Å². The lowest BCUT2D eigenvalue weighted by Crippen LogP contribution is -2.41. The van der Waals surface area contributed by atoms with Gasteiger partial charge >= 0.3 is 6.55 Å². The van der Waals surface area contributed by atoms with Crippen molar-refractivity contribution in [2.75, 3.05) is 5.75 Å². The molecule has 4 rings (SSSR count). The van der Waals surface area contributed by atoms with E-state index in [0.717, 1.165) is 42.0 Å². The van der Waals surface area contributed by atoms with Crippen LogP contribution in [0.1, 0.15) is 45.1 Å². The van der Waals surface area contributed by atoms with Crippen molar-refractivity contribution >= 4 is 28.7 Å². The molecule has 0 unspecified atom stereocenters. The van der Waals surface area contributed by atoms with Crippen molar-refractivity contribution in [1.29, 1.82) is 0 Å². The van der Waals surface area contributed by atoms with Crippen molar-refractivity contribution in [3.63, 3.8) is 0 Å². The SMILES string of the molecule is O=C(CSc1nc2ccccc2n1C(F)F)N(C1CCCC1)C1CC1. The fourth-order valence-electron chi connectivity index (χ4n) is 3.75. The zero-order chi connectivity index (χ0) is 17.4. The number of carbonyl (C=O) groups excluding carboxylic acids is 1. The maximum Gasteiger partial charge on any atom is 0.321 e. The second kappa shape index (κ2) is 6.94. The average molecular weight is 365 g/mol. The zero-order valence-electron chi connectivity index (χ0n) is 13.9. The van der Waals surface area contributed by atoms with Gasteiger partial charge in [-0.2, -0.15) is 8.78 Å². The van der Waals surface area contributed by atoms with Crippen molar-refractivity contribution in [2.24, 2.45) is 0 Å². The van der Waals surface area contributed by atoms with E-state index in [-0.39, 0.29) is 16.8 Å². The fourth-order valence-corrected chi connectivity index (χ4v) is 4.64. The normalized spacial score (nSPS) is 18.4. The zero-order valence-corrected chi connectivity index (χ0v) is 14.7. The van der Waals surface area contributed by atoms with Crippen LogP contribution in [0.15, 0.2) is 29.4 Å². The molecule has 1 heterocycles. The Hall–Kier alpha value is -1.63. The summed E-state index contributed by atoms with van der Waals surface area (Å²) in [6.45, 7) is -2.67. The predicted octanol–water partition coefficient (Wildman–Crippen LogP) is 4.46. The third-order valence-electron chi connectivity index (χ3n) is 5.03. The largest absolute Gasteiger partial charge is 0.336 e. The van der Waals surface area contributed by atoms with Crippen LogP contribution in [0, 0.1) is 0 Å². The van der Waals surface area contributed by atoms with Crippen LogP contribution >= 0.6 is 11.8 Å². The number of thioether (sulfide) groups is 1. The highest BCUT2D eigenvalue weighted by molar-refractivity contribution is 7.99. The number of fused-ring (bicyclic) bond motifs is 1. The van der Waals surface area contributed by atoms with Crippen LogP contribution in [-0.2, 0) is 4.79 Å². The lowest BCUT2D eigenvalue weighted by molar-refractivity contribution is -0.131. The van der Waals surface area contributed by atoms with Crippen molar-refractivity contribution in [3.8, 4) is 0 Å². The molecule has 0 saturated heterocycles. The molecule has 0 bridgehead atoms. The second-order valence-electron chi connectivity index (χ2n) is 6.79. The molecule has 1 aromatic heterocycles. The minimum absolute atomic E-state index is 0.0623. The molecule has 0 N–H and O–H groups in total. The molecule has 25 heavy (non-hydrogen) atoms. The number of alkyl halides is 2. The highest BCUT2D eigenvalue weighted by atomic mass is 32.2. The first kappa shape index (κ1) is 16.8. The van der Waals surface area contributed by atoms with Gasteiger partial charge in [-0.1, -0.05) is 36.7 Å². The molecule has 2 fully saturated rings. The smallest absolute Gasteiger partial charge is 0.321 e. The molecule has 2 aliphatic carbocycles. The molecular weight excluding hydrogens is 344 g/mol. The molecule has 1 amide bonds. The summed E-state index contributed by atoms with van der Waals surface area (Å²) in [4.78, 5) is 19.1. The number of carbonyl (C=O) groups is 1. The number of hydrogen-bond acceptors (Lipinski definition) is 3. The Morgan fingerprint density at radius 1 is 1.20 bits per heavy atom. The standard InChI is InChI=1S/C18H21F2N3OS/c19-17(20)23-15-8-4-3-7-14(15)21-18(23)25-11-16(24)22(13-9-10-13)12-5-1-2-6-12/h3-4,7-8,12-13,17H,1-2,5-6,9-11H2. The second-order valence-corrected chi connectivity index (χ2v) is 7.73. The summed E-state index contributed by atoms with van der Waals surface area (Å²) in [6, 6.07) is 7.56. The molecule has 0 radical (unpaired) electrons. The van der Waals surface area contributed by atoms with Crippen LogP contribution in [-0.4, -0.2) is 38.2 Å². The number of imidazole rings is 1. The minimum atomic E-state index is -2.67. The number of benzene rings is 1. The molecular formula is C18H21F2N3OS. The van der Waals surface area contributed by atoms with E-state index >= 15 is 0 Å². The summed E-state index contributed by atoms with van der Waals surface area (Å²) in [6.07, 6.45) is 6.64. The first-order valence-electron chi connectivity index (χ1n) is 8.84. The maximum atomic E-state index is 13.5. The first-order chi connectivity index (χ1) is 12.1. The molecule has 134 valence electrons. The highest BCUT2D eigenvalue weighted by Gasteiger charge is 2.38. The molecule has 4 nitrogen and oxygen atoms in total.